The number of ether oxygens (including phenoxy) is 1. The number of hydrogen-bond acceptors (Lipinski definition) is 5. The molecule has 1 saturated carbocycles. The number of aromatic nitrogens is 3. The molecule has 0 radical (unpaired) electrons. The first-order valence-electron chi connectivity index (χ1n) is 8.17. The van der Waals surface area contributed by atoms with Gasteiger partial charge in [0.2, 0.25) is 0 Å². The van der Waals surface area contributed by atoms with Crippen molar-refractivity contribution in [1.82, 2.24) is 14.8 Å². The summed E-state index contributed by atoms with van der Waals surface area (Å²) in [7, 11) is 1.37. The van der Waals surface area contributed by atoms with Crippen LogP contribution in [0.15, 0.2) is 43.0 Å². The van der Waals surface area contributed by atoms with Gasteiger partial charge in [-0.3, -0.25) is 9.48 Å². The Balaban J connectivity index is 1.94. The zero-order valence-electron chi connectivity index (χ0n) is 14.1. The van der Waals surface area contributed by atoms with E-state index in [1.807, 2.05) is 30.3 Å². The lowest BCUT2D eigenvalue weighted by molar-refractivity contribution is -0.173. The van der Waals surface area contributed by atoms with Gasteiger partial charge in [0, 0.05) is 0 Å². The third-order valence-electron chi connectivity index (χ3n) is 5.45. The lowest BCUT2D eigenvalue weighted by Crippen LogP contribution is -2.54. The van der Waals surface area contributed by atoms with Crippen molar-refractivity contribution in [3.8, 4) is 0 Å². The first-order valence-corrected chi connectivity index (χ1v) is 8.17. The number of rotatable bonds is 5. The van der Waals surface area contributed by atoms with Crippen LogP contribution in [0.5, 0.6) is 0 Å². The van der Waals surface area contributed by atoms with Crippen molar-refractivity contribution in [3.63, 3.8) is 0 Å². The van der Waals surface area contributed by atoms with Gasteiger partial charge in [0.1, 0.15) is 18.3 Å². The molecule has 0 saturated heterocycles. The third-order valence-corrected chi connectivity index (χ3v) is 5.45. The largest absolute Gasteiger partial charge is 0.469 e. The van der Waals surface area contributed by atoms with Crippen molar-refractivity contribution in [3.05, 3.63) is 48.5 Å². The summed E-state index contributed by atoms with van der Waals surface area (Å²) in [6.45, 7) is 2.01. The van der Waals surface area contributed by atoms with Crippen molar-refractivity contribution in [2.45, 2.75) is 38.3 Å². The van der Waals surface area contributed by atoms with Crippen molar-refractivity contribution >= 4 is 5.97 Å². The molecule has 3 rings (SSSR count). The van der Waals surface area contributed by atoms with Crippen LogP contribution in [0.2, 0.25) is 0 Å². The summed E-state index contributed by atoms with van der Waals surface area (Å²) in [6, 6.07) is 10.0. The number of benzene rings is 1. The lowest BCUT2D eigenvalue weighted by atomic mass is 9.71. The Kier molecular flexibility index (Phi) is 4.41. The minimum atomic E-state index is -1.25. The Bertz CT molecular complexity index is 689. The molecule has 1 heterocycles. The Morgan fingerprint density at radius 2 is 2.17 bits per heavy atom. The Labute approximate surface area is 141 Å². The van der Waals surface area contributed by atoms with E-state index in [2.05, 4.69) is 10.1 Å². The summed E-state index contributed by atoms with van der Waals surface area (Å²) in [5.74, 6) is -0.436. The van der Waals surface area contributed by atoms with Crippen molar-refractivity contribution in [2.75, 3.05) is 7.11 Å². The number of carbonyl (C=O) groups excluding carboxylic acids is 1. The van der Waals surface area contributed by atoms with E-state index < -0.39 is 11.0 Å². The first-order chi connectivity index (χ1) is 11.5. The number of hydrogen-bond donors (Lipinski definition) is 1. The van der Waals surface area contributed by atoms with E-state index in [-0.39, 0.29) is 18.4 Å². The van der Waals surface area contributed by atoms with E-state index in [1.165, 1.54) is 13.4 Å². The van der Waals surface area contributed by atoms with Crippen LogP contribution >= 0.6 is 0 Å². The second-order valence-corrected chi connectivity index (χ2v) is 6.77. The molecule has 1 aromatic carbocycles. The molecule has 0 bridgehead atoms. The monoisotopic (exact) mass is 329 g/mol. The second kappa shape index (κ2) is 6.36. The maximum absolute atomic E-state index is 12.5. The van der Waals surface area contributed by atoms with Crippen LogP contribution in [-0.4, -0.2) is 38.6 Å². The highest BCUT2D eigenvalue weighted by molar-refractivity contribution is 5.78. The molecule has 1 fully saturated rings. The van der Waals surface area contributed by atoms with Gasteiger partial charge in [-0.05, 0) is 37.7 Å². The topological polar surface area (TPSA) is 77.2 Å². The van der Waals surface area contributed by atoms with Gasteiger partial charge in [-0.2, -0.15) is 5.10 Å². The van der Waals surface area contributed by atoms with Gasteiger partial charge < -0.3 is 9.84 Å². The van der Waals surface area contributed by atoms with E-state index in [1.54, 1.807) is 17.9 Å². The molecule has 1 aliphatic carbocycles. The predicted molar refractivity (Wildman–Crippen MR) is 88.0 cm³/mol. The van der Waals surface area contributed by atoms with E-state index in [0.29, 0.717) is 12.8 Å². The molecule has 128 valence electrons. The molecule has 0 spiro atoms. The molecule has 2 aromatic rings. The van der Waals surface area contributed by atoms with E-state index in [9.17, 15) is 9.90 Å². The van der Waals surface area contributed by atoms with Crippen LogP contribution in [0, 0.1) is 11.3 Å². The average molecular weight is 329 g/mol. The molecular formula is C18H23N3O3. The zero-order chi connectivity index (χ0) is 17.2. The minimum Gasteiger partial charge on any atom is -0.469 e. The predicted octanol–water partition coefficient (Wildman–Crippen LogP) is 1.84. The van der Waals surface area contributed by atoms with Crippen LogP contribution in [-0.2, 0) is 22.5 Å². The fraction of sp³-hybridized carbons (Fsp3) is 0.500. The Morgan fingerprint density at radius 3 is 2.79 bits per heavy atom. The summed E-state index contributed by atoms with van der Waals surface area (Å²) in [5.41, 5.74) is -1.06. The molecule has 6 nitrogen and oxygen atoms in total. The lowest BCUT2D eigenvalue weighted by Gasteiger charge is -2.40. The normalized spacial score (nSPS) is 29.5. The number of carbonyl (C=O) groups is 1. The molecule has 0 amide bonds. The van der Waals surface area contributed by atoms with Crippen LogP contribution in [0.25, 0.3) is 0 Å². The smallest absolute Gasteiger partial charge is 0.314 e. The van der Waals surface area contributed by atoms with Gasteiger partial charge in [-0.1, -0.05) is 30.3 Å². The summed E-state index contributed by atoms with van der Waals surface area (Å²) in [5, 5.41) is 15.7. The summed E-state index contributed by atoms with van der Waals surface area (Å²) in [4.78, 5) is 16.4. The molecule has 1 aromatic heterocycles. The number of methoxy groups -OCH3 is 1. The summed E-state index contributed by atoms with van der Waals surface area (Å²) in [6.07, 6.45) is 5.04. The van der Waals surface area contributed by atoms with Gasteiger partial charge in [-0.25, -0.2) is 4.98 Å². The third kappa shape index (κ3) is 2.71. The van der Waals surface area contributed by atoms with Crippen LogP contribution in [0.4, 0.5) is 0 Å². The van der Waals surface area contributed by atoms with E-state index in [0.717, 1.165) is 12.0 Å². The molecule has 1 aliphatic rings. The summed E-state index contributed by atoms with van der Waals surface area (Å²) < 4.78 is 6.59. The minimum absolute atomic E-state index is 0.0619. The van der Waals surface area contributed by atoms with Gasteiger partial charge in [-0.15, -0.1) is 0 Å². The first kappa shape index (κ1) is 16.6. The van der Waals surface area contributed by atoms with Gasteiger partial charge in [0.05, 0.1) is 19.1 Å². The quantitative estimate of drug-likeness (QED) is 0.847. The summed E-state index contributed by atoms with van der Waals surface area (Å²) >= 11 is 0. The second-order valence-electron chi connectivity index (χ2n) is 6.77. The highest BCUT2D eigenvalue weighted by Crippen LogP contribution is 2.52. The molecule has 0 aliphatic heterocycles. The standard InChI is InChI=1S/C18H23N3O3/c1-17(16(22)24-2)9-8-15(10-14-6-4-3-5-7-14)18(17,23)11-21-13-19-12-20-21/h3-7,12-13,15,23H,8-11H2,1-2H3/t15-,17+,18+/m0/s1. The number of esters is 1. The van der Waals surface area contributed by atoms with Gasteiger partial charge in [0.15, 0.2) is 0 Å². The Hall–Kier alpha value is -2.21. The van der Waals surface area contributed by atoms with Crippen LogP contribution < -0.4 is 0 Å². The van der Waals surface area contributed by atoms with E-state index in [4.69, 9.17) is 4.74 Å². The van der Waals surface area contributed by atoms with Gasteiger partial charge >= 0.3 is 5.97 Å². The molecule has 6 heteroatoms. The highest BCUT2D eigenvalue weighted by atomic mass is 16.5. The molecular weight excluding hydrogens is 306 g/mol. The molecule has 0 unspecified atom stereocenters. The fourth-order valence-corrected chi connectivity index (χ4v) is 3.91. The average Bonchev–Trinajstić information content (AvgIpc) is 3.18. The van der Waals surface area contributed by atoms with Crippen molar-refractivity contribution in [1.29, 1.82) is 0 Å². The fourth-order valence-electron chi connectivity index (χ4n) is 3.91. The van der Waals surface area contributed by atoms with Crippen molar-refractivity contribution < 1.29 is 14.6 Å². The zero-order valence-corrected chi connectivity index (χ0v) is 14.1. The van der Waals surface area contributed by atoms with Crippen molar-refractivity contribution in [2.24, 2.45) is 11.3 Å². The SMILES string of the molecule is COC(=O)[C@@]1(C)CC[C@@H](Cc2ccccc2)[C@]1(O)Cn1cncn1. The van der Waals surface area contributed by atoms with Gasteiger partial charge in [0.25, 0.3) is 0 Å². The molecule has 3 atom stereocenters. The maximum atomic E-state index is 12.5. The number of aliphatic hydroxyl groups is 1. The molecule has 1 N–H and O–H groups in total. The van der Waals surface area contributed by atoms with E-state index >= 15 is 0 Å². The maximum Gasteiger partial charge on any atom is 0.314 e. The highest BCUT2D eigenvalue weighted by Gasteiger charge is 2.61. The molecule has 24 heavy (non-hydrogen) atoms. The van der Waals surface area contributed by atoms with Crippen LogP contribution in [0.1, 0.15) is 25.3 Å². The number of nitrogens with zero attached hydrogens (tertiary/aromatic N) is 3. The Morgan fingerprint density at radius 1 is 1.42 bits per heavy atom. The van der Waals surface area contributed by atoms with Crippen LogP contribution in [0.3, 0.4) is 0 Å².